The molecule has 0 radical (unpaired) electrons. The first-order valence-corrected chi connectivity index (χ1v) is 4.46. The maximum absolute atomic E-state index is 12.6. The Morgan fingerprint density at radius 2 is 2.00 bits per heavy atom. The van der Waals surface area contributed by atoms with Crippen molar-refractivity contribution in [2.24, 2.45) is 0 Å². The molecule has 0 aliphatic carbocycles. The topological polar surface area (TPSA) is 25.8 Å². The minimum Gasteiger partial charge on any atom is -0.242 e. The molecule has 4 heteroatoms. The number of rotatable bonds is 2. The van der Waals surface area contributed by atoms with Crippen LogP contribution in [-0.4, -0.2) is 16.2 Å². The van der Waals surface area contributed by atoms with Crippen molar-refractivity contribution in [2.45, 2.75) is 18.3 Å². The lowest BCUT2D eigenvalue weighted by Gasteiger charge is -2.00. The van der Waals surface area contributed by atoms with Crippen LogP contribution in [0.25, 0.3) is 0 Å². The first-order valence-electron chi connectivity index (χ1n) is 3.24. The van der Waals surface area contributed by atoms with E-state index >= 15 is 0 Å². The first-order chi connectivity index (χ1) is 5.24. The van der Waals surface area contributed by atoms with Crippen LogP contribution in [0.2, 0.25) is 0 Å². The molecule has 0 aliphatic heterocycles. The van der Waals surface area contributed by atoms with Crippen molar-refractivity contribution in [3.05, 3.63) is 18.0 Å². The third kappa shape index (κ3) is 2.15. The maximum atomic E-state index is 12.6. The molecule has 0 fully saturated rings. The Kier molecular flexibility index (Phi) is 2.82. The van der Waals surface area contributed by atoms with Crippen molar-refractivity contribution in [1.29, 1.82) is 0 Å². The van der Waals surface area contributed by atoms with Crippen LogP contribution in [0.15, 0.2) is 17.6 Å². The molecule has 1 aromatic rings. The fraction of sp³-hybridized carbons (Fsp3) is 0.429. The number of aromatic nitrogens is 2. The molecule has 1 atom stereocenters. The van der Waals surface area contributed by atoms with Crippen LogP contribution in [0.5, 0.6) is 0 Å². The van der Waals surface area contributed by atoms with Crippen LogP contribution in [0.4, 0.5) is 4.39 Å². The van der Waals surface area contributed by atoms with E-state index in [1.165, 1.54) is 31.1 Å². The zero-order chi connectivity index (χ0) is 8.27. The number of nitrogens with zero attached hydrogens (tertiary/aromatic N) is 2. The van der Waals surface area contributed by atoms with Crippen molar-refractivity contribution in [3.8, 4) is 0 Å². The number of hydrogen-bond donors (Lipinski definition) is 0. The van der Waals surface area contributed by atoms with E-state index in [4.69, 9.17) is 0 Å². The Hall–Kier alpha value is -0.640. The van der Waals surface area contributed by atoms with Gasteiger partial charge in [0.25, 0.3) is 0 Å². The fourth-order valence-corrected chi connectivity index (χ4v) is 0.953. The second-order valence-corrected chi connectivity index (χ2v) is 2.89. The summed E-state index contributed by atoms with van der Waals surface area (Å²) in [5, 5.41) is 0.675. The number of hydrogen-bond acceptors (Lipinski definition) is 3. The normalized spacial score (nSPS) is 13.0. The van der Waals surface area contributed by atoms with E-state index in [-0.39, 0.29) is 0 Å². The molecule has 0 aliphatic rings. The van der Waals surface area contributed by atoms with Crippen molar-refractivity contribution in [3.63, 3.8) is 0 Å². The van der Waals surface area contributed by atoms with E-state index in [1.807, 2.05) is 6.26 Å². The van der Waals surface area contributed by atoms with Gasteiger partial charge in [0.15, 0.2) is 5.16 Å². The molecular formula is C7H9FN2S. The van der Waals surface area contributed by atoms with Crippen LogP contribution >= 0.6 is 11.8 Å². The van der Waals surface area contributed by atoms with Gasteiger partial charge in [-0.2, -0.15) is 0 Å². The average molecular weight is 172 g/mol. The lowest BCUT2D eigenvalue weighted by atomic mass is 10.2. The van der Waals surface area contributed by atoms with Gasteiger partial charge in [0, 0.05) is 18.0 Å². The highest BCUT2D eigenvalue weighted by atomic mass is 32.2. The van der Waals surface area contributed by atoms with Gasteiger partial charge in [-0.3, -0.25) is 0 Å². The SMILES string of the molecule is CSc1ncc([C@@H](C)F)cn1. The predicted molar refractivity (Wildman–Crippen MR) is 43.3 cm³/mol. The summed E-state index contributed by atoms with van der Waals surface area (Å²) in [5.41, 5.74) is 0.530. The monoisotopic (exact) mass is 172 g/mol. The van der Waals surface area contributed by atoms with Gasteiger partial charge in [-0.15, -0.1) is 0 Å². The minimum atomic E-state index is -0.981. The summed E-state index contributed by atoms with van der Waals surface area (Å²) in [6.07, 6.45) is 3.94. The Balaban J connectivity index is 2.83. The lowest BCUT2D eigenvalue weighted by Crippen LogP contribution is -1.91. The Morgan fingerprint density at radius 3 is 2.36 bits per heavy atom. The number of thioether (sulfide) groups is 1. The van der Waals surface area contributed by atoms with Crippen LogP contribution in [0, 0.1) is 0 Å². The summed E-state index contributed by atoms with van der Waals surface area (Å²) in [7, 11) is 0. The zero-order valence-corrected chi connectivity index (χ0v) is 7.23. The van der Waals surface area contributed by atoms with E-state index in [0.29, 0.717) is 10.7 Å². The third-order valence-corrected chi connectivity index (χ3v) is 1.87. The Labute approximate surface area is 69.3 Å². The van der Waals surface area contributed by atoms with Crippen LogP contribution in [0.3, 0.4) is 0 Å². The van der Waals surface area contributed by atoms with Gasteiger partial charge < -0.3 is 0 Å². The molecule has 2 nitrogen and oxygen atoms in total. The molecule has 0 unspecified atom stereocenters. The molecule has 0 bridgehead atoms. The summed E-state index contributed by atoms with van der Waals surface area (Å²) in [4.78, 5) is 7.86. The molecule has 60 valence electrons. The van der Waals surface area contributed by atoms with Crippen molar-refractivity contribution >= 4 is 11.8 Å². The van der Waals surface area contributed by atoms with Gasteiger partial charge in [0.05, 0.1) is 0 Å². The lowest BCUT2D eigenvalue weighted by molar-refractivity contribution is 0.371. The highest BCUT2D eigenvalue weighted by Crippen LogP contribution is 2.15. The molecule has 0 aromatic carbocycles. The average Bonchev–Trinajstić information content (AvgIpc) is 2.05. The summed E-state index contributed by atoms with van der Waals surface area (Å²) < 4.78 is 12.6. The highest BCUT2D eigenvalue weighted by molar-refractivity contribution is 7.98. The molecule has 0 spiro atoms. The van der Waals surface area contributed by atoms with Gasteiger partial charge in [0.2, 0.25) is 0 Å². The molecule has 1 heterocycles. The van der Waals surface area contributed by atoms with E-state index in [1.54, 1.807) is 0 Å². The van der Waals surface area contributed by atoms with Gasteiger partial charge in [-0.25, -0.2) is 14.4 Å². The molecular weight excluding hydrogens is 163 g/mol. The Bertz CT molecular complexity index is 222. The van der Waals surface area contributed by atoms with E-state index < -0.39 is 6.17 Å². The van der Waals surface area contributed by atoms with Gasteiger partial charge in [-0.1, -0.05) is 11.8 Å². The number of halogens is 1. The summed E-state index contributed by atoms with van der Waals surface area (Å²) in [5.74, 6) is 0. The highest BCUT2D eigenvalue weighted by Gasteiger charge is 2.02. The standard InChI is InChI=1S/C7H9FN2S/c1-5(8)6-3-9-7(11-2)10-4-6/h3-5H,1-2H3/t5-/m1/s1. The van der Waals surface area contributed by atoms with E-state index in [0.717, 1.165) is 0 Å². The quantitative estimate of drug-likeness (QED) is 0.505. The van der Waals surface area contributed by atoms with Crippen LogP contribution in [0.1, 0.15) is 18.7 Å². The van der Waals surface area contributed by atoms with Gasteiger partial charge in [0.1, 0.15) is 6.17 Å². The van der Waals surface area contributed by atoms with E-state index in [2.05, 4.69) is 9.97 Å². The summed E-state index contributed by atoms with van der Waals surface area (Å²) in [6, 6.07) is 0. The molecule has 0 saturated carbocycles. The largest absolute Gasteiger partial charge is 0.242 e. The second kappa shape index (κ2) is 3.67. The smallest absolute Gasteiger partial charge is 0.187 e. The summed E-state index contributed by atoms with van der Waals surface area (Å²) in [6.45, 7) is 1.47. The minimum absolute atomic E-state index is 0.530. The van der Waals surface area contributed by atoms with Crippen LogP contribution < -0.4 is 0 Å². The van der Waals surface area contributed by atoms with E-state index in [9.17, 15) is 4.39 Å². The first kappa shape index (κ1) is 8.46. The fourth-order valence-electron chi connectivity index (χ4n) is 0.637. The maximum Gasteiger partial charge on any atom is 0.187 e. The second-order valence-electron chi connectivity index (χ2n) is 2.12. The van der Waals surface area contributed by atoms with Crippen molar-refractivity contribution in [2.75, 3.05) is 6.26 Å². The molecule has 0 amide bonds. The van der Waals surface area contributed by atoms with Crippen molar-refractivity contribution in [1.82, 2.24) is 9.97 Å². The summed E-state index contributed by atoms with van der Waals surface area (Å²) >= 11 is 1.44. The Morgan fingerprint density at radius 1 is 1.45 bits per heavy atom. The molecule has 0 N–H and O–H groups in total. The molecule has 1 rings (SSSR count). The van der Waals surface area contributed by atoms with Gasteiger partial charge in [-0.05, 0) is 13.2 Å². The molecule has 1 aromatic heterocycles. The van der Waals surface area contributed by atoms with Crippen LogP contribution in [-0.2, 0) is 0 Å². The number of alkyl halides is 1. The zero-order valence-electron chi connectivity index (χ0n) is 6.41. The van der Waals surface area contributed by atoms with Gasteiger partial charge >= 0.3 is 0 Å². The van der Waals surface area contributed by atoms with Crippen molar-refractivity contribution < 1.29 is 4.39 Å². The third-order valence-electron chi connectivity index (χ3n) is 1.29. The predicted octanol–water partition coefficient (Wildman–Crippen LogP) is 2.23. The molecule has 0 saturated heterocycles. The molecule has 11 heavy (non-hydrogen) atoms.